The molecule has 9 heteroatoms. The Morgan fingerprint density at radius 1 is 1.30 bits per heavy atom. The number of amides is 4. The van der Waals surface area contributed by atoms with E-state index in [1.165, 1.54) is 24.4 Å². The number of carbonyl (C=O) groups excluding carboxylic acids is 2. The van der Waals surface area contributed by atoms with Crippen LogP contribution in [0.15, 0.2) is 12.4 Å². The number of hydrogen-bond acceptors (Lipinski definition) is 6. The van der Waals surface area contributed by atoms with Gasteiger partial charge in [-0.15, -0.1) is 0 Å². The van der Waals surface area contributed by atoms with Gasteiger partial charge in [0.05, 0.1) is 13.7 Å². The molecule has 3 rings (SSSR count). The van der Waals surface area contributed by atoms with Crippen LogP contribution >= 0.6 is 0 Å². The molecule has 2 aliphatic heterocycles. The smallest absolute Gasteiger partial charge is 0.328 e. The molecule has 4 amide bonds. The summed E-state index contributed by atoms with van der Waals surface area (Å²) in [5.41, 5.74) is 0. The van der Waals surface area contributed by atoms with E-state index in [9.17, 15) is 9.59 Å². The molecule has 1 atom stereocenters. The second-order valence-corrected chi connectivity index (χ2v) is 5.37. The first-order valence-electron chi connectivity index (χ1n) is 7.55. The molecule has 2 aliphatic rings. The summed E-state index contributed by atoms with van der Waals surface area (Å²) >= 11 is 0. The number of nitrogens with one attached hydrogen (secondary N) is 1. The van der Waals surface area contributed by atoms with Crippen LogP contribution in [0.5, 0.6) is 11.8 Å². The third-order valence-corrected chi connectivity index (χ3v) is 3.84. The number of hydrogen-bond donors (Lipinski definition) is 1. The molecular weight excluding hydrogens is 302 g/mol. The highest BCUT2D eigenvalue weighted by molar-refractivity contribution is 5.95. The summed E-state index contributed by atoms with van der Waals surface area (Å²) in [6.07, 6.45) is 4.44. The number of methoxy groups -OCH3 is 1. The molecule has 23 heavy (non-hydrogen) atoms. The number of imide groups is 1. The van der Waals surface area contributed by atoms with Crippen LogP contribution in [0.2, 0.25) is 0 Å². The number of ether oxygens (including phenoxy) is 2. The average molecular weight is 321 g/mol. The molecule has 0 bridgehead atoms. The van der Waals surface area contributed by atoms with Gasteiger partial charge in [-0.1, -0.05) is 0 Å². The molecule has 0 aliphatic carbocycles. The lowest BCUT2D eigenvalue weighted by molar-refractivity contribution is 0.0854. The number of likely N-dealkylation sites (tertiary alicyclic amines) is 1. The maximum atomic E-state index is 12.4. The minimum atomic E-state index is -0.339. The van der Waals surface area contributed by atoms with Crippen molar-refractivity contribution in [2.24, 2.45) is 0 Å². The molecule has 9 nitrogen and oxygen atoms in total. The van der Waals surface area contributed by atoms with Crippen LogP contribution in [0.4, 0.5) is 9.59 Å². The van der Waals surface area contributed by atoms with Gasteiger partial charge < -0.3 is 19.7 Å². The summed E-state index contributed by atoms with van der Waals surface area (Å²) < 4.78 is 11.0. The minimum Gasteiger partial charge on any atom is -0.477 e. The Morgan fingerprint density at radius 3 is 2.78 bits per heavy atom. The Bertz CT molecular complexity index is 596. The summed E-state index contributed by atoms with van der Waals surface area (Å²) in [6, 6.07) is -0.618. The van der Waals surface area contributed by atoms with Crippen LogP contribution in [0.3, 0.4) is 0 Å². The van der Waals surface area contributed by atoms with Gasteiger partial charge in [0.25, 0.3) is 11.8 Å². The van der Waals surface area contributed by atoms with Crippen LogP contribution in [-0.4, -0.2) is 71.2 Å². The summed E-state index contributed by atoms with van der Waals surface area (Å²) in [6.45, 7) is 1.91. The Labute approximate surface area is 133 Å². The van der Waals surface area contributed by atoms with Gasteiger partial charge in [0.2, 0.25) is 0 Å². The zero-order chi connectivity index (χ0) is 16.2. The van der Waals surface area contributed by atoms with E-state index in [2.05, 4.69) is 15.3 Å². The molecule has 1 aromatic heterocycles. The topological polar surface area (TPSA) is 96.9 Å². The van der Waals surface area contributed by atoms with E-state index in [4.69, 9.17) is 9.47 Å². The molecule has 1 aromatic rings. The lowest BCUT2D eigenvalue weighted by atomic mass is 10.1. The van der Waals surface area contributed by atoms with Gasteiger partial charge in [0.1, 0.15) is 6.10 Å². The van der Waals surface area contributed by atoms with Crippen LogP contribution < -0.4 is 14.8 Å². The van der Waals surface area contributed by atoms with Gasteiger partial charge in [0.15, 0.2) is 0 Å². The molecule has 0 unspecified atom stereocenters. The predicted molar refractivity (Wildman–Crippen MR) is 79.3 cm³/mol. The van der Waals surface area contributed by atoms with Crippen molar-refractivity contribution in [1.82, 2.24) is 25.1 Å². The van der Waals surface area contributed by atoms with E-state index in [0.717, 1.165) is 12.8 Å². The van der Waals surface area contributed by atoms with Gasteiger partial charge in [0, 0.05) is 32.0 Å². The number of carbonyl (C=O) groups is 2. The second-order valence-electron chi connectivity index (χ2n) is 5.37. The van der Waals surface area contributed by atoms with Gasteiger partial charge >= 0.3 is 12.1 Å². The monoisotopic (exact) mass is 321 g/mol. The highest BCUT2D eigenvalue weighted by atomic mass is 16.5. The average Bonchev–Trinajstić information content (AvgIpc) is 3.01. The van der Waals surface area contributed by atoms with Crippen molar-refractivity contribution in [2.45, 2.75) is 18.9 Å². The van der Waals surface area contributed by atoms with Crippen molar-refractivity contribution in [3.05, 3.63) is 12.4 Å². The first kappa shape index (κ1) is 15.3. The maximum Gasteiger partial charge on any atom is 0.328 e. The number of nitrogens with zero attached hydrogens (tertiary/aromatic N) is 4. The number of urea groups is 2. The normalized spacial score (nSPS) is 21.1. The minimum absolute atomic E-state index is 0.205. The second kappa shape index (κ2) is 6.67. The number of rotatable bonds is 3. The third kappa shape index (κ3) is 3.27. The molecule has 1 N–H and O–H groups in total. The molecule has 0 spiro atoms. The highest BCUT2D eigenvalue weighted by Gasteiger charge is 2.33. The van der Waals surface area contributed by atoms with Crippen LogP contribution in [0.1, 0.15) is 12.8 Å². The highest BCUT2D eigenvalue weighted by Crippen LogP contribution is 2.24. The molecule has 0 aromatic carbocycles. The molecule has 0 radical (unpaired) electrons. The summed E-state index contributed by atoms with van der Waals surface area (Å²) in [5.74, 6) is 0.628. The van der Waals surface area contributed by atoms with Crippen molar-refractivity contribution in [1.29, 1.82) is 0 Å². The Morgan fingerprint density at radius 2 is 2.09 bits per heavy atom. The van der Waals surface area contributed by atoms with Crippen LogP contribution in [0, 0.1) is 0 Å². The summed E-state index contributed by atoms with van der Waals surface area (Å²) in [4.78, 5) is 35.1. The van der Waals surface area contributed by atoms with Crippen molar-refractivity contribution < 1.29 is 19.1 Å². The van der Waals surface area contributed by atoms with Gasteiger partial charge in [-0.3, -0.25) is 0 Å². The van der Waals surface area contributed by atoms with Gasteiger partial charge in [-0.25, -0.2) is 24.5 Å². The van der Waals surface area contributed by atoms with Crippen LogP contribution in [-0.2, 0) is 0 Å². The fourth-order valence-corrected chi connectivity index (χ4v) is 2.72. The zero-order valence-corrected chi connectivity index (χ0v) is 12.9. The Balaban J connectivity index is 1.64. The van der Waals surface area contributed by atoms with Crippen molar-refractivity contribution in [3.63, 3.8) is 0 Å². The number of piperidine rings is 1. The molecule has 2 saturated heterocycles. The Hall–Kier alpha value is -2.58. The fourth-order valence-electron chi connectivity index (χ4n) is 2.72. The quantitative estimate of drug-likeness (QED) is 0.869. The van der Waals surface area contributed by atoms with E-state index in [1.54, 1.807) is 4.90 Å². The standard InChI is InChI=1S/C14H19N5O4/c1-22-11-12(16-5-4-15-11)23-10-3-2-7-18(9-10)14(21)19-8-6-17-13(19)20/h4-5,10H,2-3,6-9H2,1H3,(H,17,20)/t10-/m1/s1. The van der Waals surface area contributed by atoms with Gasteiger partial charge in [-0.2, -0.15) is 0 Å². The first-order chi connectivity index (χ1) is 11.2. The fraction of sp³-hybridized carbons (Fsp3) is 0.571. The Kier molecular flexibility index (Phi) is 4.45. The molecule has 2 fully saturated rings. The van der Waals surface area contributed by atoms with E-state index in [0.29, 0.717) is 37.9 Å². The number of aromatic nitrogens is 2. The predicted octanol–water partition coefficient (Wildman–Crippen LogP) is 0.474. The molecule has 3 heterocycles. The maximum absolute atomic E-state index is 12.4. The van der Waals surface area contributed by atoms with E-state index in [-0.39, 0.29) is 18.2 Å². The SMILES string of the molecule is COc1nccnc1O[C@@H]1CCCN(C(=O)N2CCNC2=O)C1. The van der Waals surface area contributed by atoms with E-state index < -0.39 is 0 Å². The summed E-state index contributed by atoms with van der Waals surface area (Å²) in [7, 11) is 1.50. The van der Waals surface area contributed by atoms with E-state index in [1.807, 2.05) is 0 Å². The van der Waals surface area contributed by atoms with Gasteiger partial charge in [-0.05, 0) is 12.8 Å². The zero-order valence-electron chi connectivity index (χ0n) is 12.9. The lowest BCUT2D eigenvalue weighted by Crippen LogP contribution is -2.50. The largest absolute Gasteiger partial charge is 0.477 e. The first-order valence-corrected chi connectivity index (χ1v) is 7.55. The van der Waals surface area contributed by atoms with E-state index >= 15 is 0 Å². The molecular formula is C14H19N5O4. The lowest BCUT2D eigenvalue weighted by Gasteiger charge is -2.34. The molecule has 124 valence electrons. The van der Waals surface area contributed by atoms with Crippen LogP contribution in [0.25, 0.3) is 0 Å². The third-order valence-electron chi connectivity index (χ3n) is 3.84. The molecule has 0 saturated carbocycles. The van der Waals surface area contributed by atoms with Crippen molar-refractivity contribution in [2.75, 3.05) is 33.3 Å². The van der Waals surface area contributed by atoms with Crippen molar-refractivity contribution in [3.8, 4) is 11.8 Å². The summed E-state index contributed by atoms with van der Waals surface area (Å²) in [5, 5.41) is 2.63. The van der Waals surface area contributed by atoms with Crippen molar-refractivity contribution >= 4 is 12.1 Å².